The van der Waals surface area contributed by atoms with Crippen molar-refractivity contribution in [3.05, 3.63) is 28.2 Å². The van der Waals surface area contributed by atoms with E-state index in [-0.39, 0.29) is 23.8 Å². The minimum Gasteiger partial charge on any atom is -0.324 e. The van der Waals surface area contributed by atoms with E-state index in [0.29, 0.717) is 0 Å². The molecular weight excluding hydrogens is 340 g/mol. The van der Waals surface area contributed by atoms with Crippen molar-refractivity contribution in [3.8, 4) is 0 Å². The summed E-state index contributed by atoms with van der Waals surface area (Å²) in [5.41, 5.74) is 6.04. The van der Waals surface area contributed by atoms with E-state index in [1.165, 1.54) is 0 Å². The van der Waals surface area contributed by atoms with Crippen LogP contribution in [0.3, 0.4) is 0 Å². The molecule has 0 amide bonds. The van der Waals surface area contributed by atoms with Gasteiger partial charge in [0.25, 0.3) is 0 Å². The van der Waals surface area contributed by atoms with Crippen molar-refractivity contribution in [1.29, 1.82) is 0 Å². The number of hydrogen-bond acceptors (Lipinski definition) is 3. The van der Waals surface area contributed by atoms with Gasteiger partial charge >= 0.3 is 0 Å². The van der Waals surface area contributed by atoms with E-state index in [1.54, 1.807) is 32.0 Å². The van der Waals surface area contributed by atoms with Crippen LogP contribution in [-0.4, -0.2) is 20.5 Å². The summed E-state index contributed by atoms with van der Waals surface area (Å²) >= 11 is 3.33. The first kappa shape index (κ1) is 17.9. The molecule has 0 radical (unpaired) electrons. The third kappa shape index (κ3) is 5.24. The van der Waals surface area contributed by atoms with Crippen molar-refractivity contribution in [2.45, 2.75) is 31.2 Å². The van der Waals surface area contributed by atoms with Crippen molar-refractivity contribution >= 4 is 38.4 Å². The zero-order chi connectivity index (χ0) is 13.3. The zero-order valence-corrected chi connectivity index (χ0v) is 13.7. The first-order chi connectivity index (χ1) is 7.62. The minimum atomic E-state index is -3.48. The van der Waals surface area contributed by atoms with Gasteiger partial charge in [-0.05, 0) is 44.5 Å². The summed E-state index contributed by atoms with van der Waals surface area (Å²) in [4.78, 5) is 0.252. The molecule has 0 saturated carbocycles. The predicted molar refractivity (Wildman–Crippen MR) is 79.6 cm³/mol. The summed E-state index contributed by atoms with van der Waals surface area (Å²) in [5, 5.41) is 0. The zero-order valence-electron chi connectivity index (χ0n) is 10.5. The molecule has 0 aromatic heterocycles. The summed E-state index contributed by atoms with van der Waals surface area (Å²) in [6, 6.07) is 4.90. The lowest BCUT2D eigenvalue weighted by atomic mass is 10.1. The smallest absolute Gasteiger partial charge is 0.240 e. The Morgan fingerprint density at radius 2 is 1.94 bits per heavy atom. The van der Waals surface area contributed by atoms with Crippen molar-refractivity contribution in [2.75, 3.05) is 6.54 Å². The van der Waals surface area contributed by atoms with Gasteiger partial charge in [-0.2, -0.15) is 0 Å². The first-order valence-corrected chi connectivity index (χ1v) is 7.44. The van der Waals surface area contributed by atoms with Gasteiger partial charge in [0, 0.05) is 16.6 Å². The molecule has 1 aromatic carbocycles. The van der Waals surface area contributed by atoms with Gasteiger partial charge in [0.1, 0.15) is 0 Å². The largest absolute Gasteiger partial charge is 0.324 e. The van der Waals surface area contributed by atoms with Crippen molar-refractivity contribution in [1.82, 2.24) is 4.72 Å². The molecule has 0 saturated heterocycles. The summed E-state index contributed by atoms with van der Waals surface area (Å²) < 4.78 is 27.3. The number of nitrogens with one attached hydrogen (secondary N) is 1. The predicted octanol–water partition coefficient (Wildman–Crippen LogP) is 2.19. The Morgan fingerprint density at radius 1 is 1.39 bits per heavy atom. The van der Waals surface area contributed by atoms with Gasteiger partial charge in [0.2, 0.25) is 10.0 Å². The molecule has 18 heavy (non-hydrogen) atoms. The van der Waals surface area contributed by atoms with Crippen LogP contribution in [0, 0.1) is 6.92 Å². The third-order valence-corrected chi connectivity index (χ3v) is 4.45. The van der Waals surface area contributed by atoms with Gasteiger partial charge in [0.15, 0.2) is 0 Å². The molecule has 4 nitrogen and oxygen atoms in total. The van der Waals surface area contributed by atoms with Crippen LogP contribution in [0.1, 0.15) is 19.4 Å². The second-order valence-corrected chi connectivity index (χ2v) is 7.35. The molecule has 0 heterocycles. The Hall–Kier alpha value is -0.140. The number of nitrogens with two attached hydrogens (primary N) is 1. The average molecular weight is 358 g/mol. The van der Waals surface area contributed by atoms with Crippen LogP contribution in [0.4, 0.5) is 0 Å². The summed E-state index contributed by atoms with van der Waals surface area (Å²) in [5.74, 6) is 0. The van der Waals surface area contributed by atoms with E-state index in [0.717, 1.165) is 10.0 Å². The molecule has 3 N–H and O–H groups in total. The molecule has 0 aliphatic rings. The van der Waals surface area contributed by atoms with Crippen LogP contribution >= 0.6 is 28.3 Å². The molecular formula is C11H18BrClN2O2S. The first-order valence-electron chi connectivity index (χ1n) is 5.16. The standard InChI is InChI=1S/C11H17BrN2O2S.ClH/c1-8-6-9(4-5-10(8)12)17(15,16)14-7-11(2,3)13;/h4-6,14H,7,13H2,1-3H3;1H. The van der Waals surface area contributed by atoms with E-state index in [9.17, 15) is 8.42 Å². The van der Waals surface area contributed by atoms with Gasteiger partial charge < -0.3 is 5.73 Å². The maximum Gasteiger partial charge on any atom is 0.240 e. The monoisotopic (exact) mass is 356 g/mol. The molecule has 1 aromatic rings. The summed E-state index contributed by atoms with van der Waals surface area (Å²) in [7, 11) is -3.48. The number of aryl methyl sites for hydroxylation is 1. The summed E-state index contributed by atoms with van der Waals surface area (Å²) in [6.45, 7) is 5.57. The maximum atomic E-state index is 12.0. The van der Waals surface area contributed by atoms with E-state index in [1.807, 2.05) is 6.92 Å². The lowest BCUT2D eigenvalue weighted by Crippen LogP contribution is -2.45. The highest BCUT2D eigenvalue weighted by Gasteiger charge is 2.18. The molecule has 0 fully saturated rings. The topological polar surface area (TPSA) is 72.2 Å². The quantitative estimate of drug-likeness (QED) is 0.867. The van der Waals surface area contributed by atoms with Crippen LogP contribution in [0.15, 0.2) is 27.6 Å². The lowest BCUT2D eigenvalue weighted by molar-refractivity contribution is 0.498. The Kier molecular flexibility index (Phi) is 6.29. The number of benzene rings is 1. The normalized spacial score (nSPS) is 12.1. The van der Waals surface area contributed by atoms with Crippen LogP contribution in [0.5, 0.6) is 0 Å². The van der Waals surface area contributed by atoms with Crippen molar-refractivity contribution < 1.29 is 8.42 Å². The Bertz CT molecular complexity index is 512. The highest BCUT2D eigenvalue weighted by molar-refractivity contribution is 9.10. The Morgan fingerprint density at radius 3 is 2.39 bits per heavy atom. The minimum absolute atomic E-state index is 0. The molecule has 7 heteroatoms. The number of hydrogen-bond donors (Lipinski definition) is 2. The molecule has 0 aliphatic heterocycles. The lowest BCUT2D eigenvalue weighted by Gasteiger charge is -2.19. The average Bonchev–Trinajstić information content (AvgIpc) is 2.18. The molecule has 0 unspecified atom stereocenters. The van der Waals surface area contributed by atoms with E-state index < -0.39 is 15.6 Å². The maximum absolute atomic E-state index is 12.0. The highest BCUT2D eigenvalue weighted by atomic mass is 79.9. The number of halogens is 2. The fraction of sp³-hybridized carbons (Fsp3) is 0.455. The SMILES string of the molecule is Cc1cc(S(=O)(=O)NCC(C)(C)N)ccc1Br.Cl. The van der Waals surface area contributed by atoms with Gasteiger partial charge in [-0.3, -0.25) is 0 Å². The fourth-order valence-electron chi connectivity index (χ4n) is 1.15. The molecule has 0 aliphatic carbocycles. The third-order valence-electron chi connectivity index (χ3n) is 2.16. The van der Waals surface area contributed by atoms with E-state index in [2.05, 4.69) is 20.7 Å². The van der Waals surface area contributed by atoms with E-state index in [4.69, 9.17) is 5.73 Å². The Labute approximate surface area is 123 Å². The molecule has 0 bridgehead atoms. The molecule has 104 valence electrons. The summed E-state index contributed by atoms with van der Waals surface area (Å²) in [6.07, 6.45) is 0. The van der Waals surface area contributed by atoms with Crippen LogP contribution < -0.4 is 10.5 Å². The van der Waals surface area contributed by atoms with Crippen LogP contribution in [-0.2, 0) is 10.0 Å². The second kappa shape index (κ2) is 6.34. The fourth-order valence-corrected chi connectivity index (χ4v) is 2.70. The van der Waals surface area contributed by atoms with E-state index >= 15 is 0 Å². The Balaban J connectivity index is 0.00000289. The molecule has 0 atom stereocenters. The van der Waals surface area contributed by atoms with Gasteiger partial charge in [-0.25, -0.2) is 13.1 Å². The van der Waals surface area contributed by atoms with Crippen LogP contribution in [0.2, 0.25) is 0 Å². The molecule has 1 rings (SSSR count). The highest BCUT2D eigenvalue weighted by Crippen LogP contribution is 2.19. The molecule has 0 spiro atoms. The van der Waals surface area contributed by atoms with Crippen LogP contribution in [0.25, 0.3) is 0 Å². The van der Waals surface area contributed by atoms with Gasteiger partial charge in [0.05, 0.1) is 4.90 Å². The second-order valence-electron chi connectivity index (χ2n) is 4.72. The van der Waals surface area contributed by atoms with Crippen molar-refractivity contribution in [3.63, 3.8) is 0 Å². The number of rotatable bonds is 4. The van der Waals surface area contributed by atoms with Gasteiger partial charge in [-0.15, -0.1) is 12.4 Å². The number of sulfonamides is 1. The van der Waals surface area contributed by atoms with Gasteiger partial charge in [-0.1, -0.05) is 15.9 Å². The van der Waals surface area contributed by atoms with Crippen molar-refractivity contribution in [2.24, 2.45) is 5.73 Å².